The normalized spacial score (nSPS) is 11.0. The van der Waals surface area contributed by atoms with Crippen LogP contribution in [0.2, 0.25) is 0 Å². The predicted molar refractivity (Wildman–Crippen MR) is 144 cm³/mol. The molecule has 0 saturated carbocycles. The molecule has 4 aromatic carbocycles. The van der Waals surface area contributed by atoms with Crippen molar-refractivity contribution in [3.8, 4) is 11.1 Å². The van der Waals surface area contributed by atoms with Gasteiger partial charge in [0.2, 0.25) is 0 Å². The van der Waals surface area contributed by atoms with Crippen LogP contribution in [0.25, 0.3) is 11.1 Å². The topological polar surface area (TPSA) is 17.1 Å². The standard InChI is InChI=1S/C33H34O/c1-21-7-11-29(17-25(21)5)30-12-9-23(3)27(19-30)15-16-28-20-32(14-10-24(28)4)33(34)31-13-8-22(2)26(6)18-31/h7-14,17-20H,15-16H2,1-6H3. The van der Waals surface area contributed by atoms with Crippen molar-refractivity contribution in [3.63, 3.8) is 0 Å². The Hall–Kier alpha value is -3.45. The number of ketones is 1. The molecule has 0 atom stereocenters. The number of hydrogen-bond acceptors (Lipinski definition) is 1. The van der Waals surface area contributed by atoms with Gasteiger partial charge in [-0.3, -0.25) is 4.79 Å². The van der Waals surface area contributed by atoms with Gasteiger partial charge in [-0.1, -0.05) is 60.7 Å². The lowest BCUT2D eigenvalue weighted by Crippen LogP contribution is -2.05. The van der Waals surface area contributed by atoms with Gasteiger partial charge in [0.25, 0.3) is 0 Å². The van der Waals surface area contributed by atoms with Crippen LogP contribution in [0, 0.1) is 41.5 Å². The predicted octanol–water partition coefficient (Wildman–Crippen LogP) is 8.22. The van der Waals surface area contributed by atoms with E-state index in [4.69, 9.17) is 0 Å². The van der Waals surface area contributed by atoms with E-state index < -0.39 is 0 Å². The molecule has 172 valence electrons. The zero-order valence-corrected chi connectivity index (χ0v) is 21.3. The molecule has 1 heteroatoms. The van der Waals surface area contributed by atoms with E-state index in [-0.39, 0.29) is 5.78 Å². The molecule has 0 aliphatic carbocycles. The summed E-state index contributed by atoms with van der Waals surface area (Å²) in [6.45, 7) is 12.8. The molecule has 1 nitrogen and oxygen atoms in total. The molecule has 0 saturated heterocycles. The second kappa shape index (κ2) is 9.81. The van der Waals surface area contributed by atoms with E-state index in [9.17, 15) is 4.79 Å². The molecule has 34 heavy (non-hydrogen) atoms. The average molecular weight is 447 g/mol. The monoisotopic (exact) mass is 446 g/mol. The van der Waals surface area contributed by atoms with Gasteiger partial charge in [-0.25, -0.2) is 0 Å². The Kier molecular flexibility index (Phi) is 6.84. The molecule has 4 aromatic rings. The zero-order chi connectivity index (χ0) is 24.4. The van der Waals surface area contributed by atoms with Crippen molar-refractivity contribution < 1.29 is 4.79 Å². The third kappa shape index (κ3) is 5.04. The molecular weight excluding hydrogens is 412 g/mol. The van der Waals surface area contributed by atoms with Gasteiger partial charge in [0.1, 0.15) is 0 Å². The van der Waals surface area contributed by atoms with E-state index in [2.05, 4.69) is 90.1 Å². The Labute approximate surface area is 204 Å². The summed E-state index contributed by atoms with van der Waals surface area (Å²) in [6, 6.07) is 25.6. The molecule has 0 aliphatic heterocycles. The maximum absolute atomic E-state index is 13.2. The number of hydrogen-bond donors (Lipinski definition) is 0. The van der Waals surface area contributed by atoms with Crippen molar-refractivity contribution >= 4 is 5.78 Å². The number of aryl methyl sites for hydroxylation is 8. The summed E-state index contributed by atoms with van der Waals surface area (Å²) in [4.78, 5) is 13.2. The molecule has 0 unspecified atom stereocenters. The molecule has 0 aromatic heterocycles. The van der Waals surface area contributed by atoms with E-state index in [1.54, 1.807) is 0 Å². The highest BCUT2D eigenvalue weighted by Gasteiger charge is 2.13. The van der Waals surface area contributed by atoms with Crippen LogP contribution in [0.15, 0.2) is 72.8 Å². The molecule has 0 bridgehead atoms. The summed E-state index contributed by atoms with van der Waals surface area (Å²) in [6.07, 6.45) is 1.86. The molecule has 0 aliphatic rings. The molecule has 4 rings (SSSR count). The maximum Gasteiger partial charge on any atom is 0.193 e. The van der Waals surface area contributed by atoms with E-state index in [1.807, 2.05) is 24.3 Å². The van der Waals surface area contributed by atoms with Crippen LogP contribution in [-0.2, 0) is 12.8 Å². The van der Waals surface area contributed by atoms with Crippen LogP contribution >= 0.6 is 0 Å². The SMILES string of the molecule is Cc1ccc(C(=O)c2ccc(C)c(CCc3cc(-c4ccc(C)c(C)c4)ccc3C)c2)cc1C. The zero-order valence-electron chi connectivity index (χ0n) is 21.3. The van der Waals surface area contributed by atoms with Crippen molar-refractivity contribution in [3.05, 3.63) is 128 Å². The highest BCUT2D eigenvalue weighted by molar-refractivity contribution is 6.09. The lowest BCUT2D eigenvalue weighted by molar-refractivity contribution is 0.103. The summed E-state index contributed by atoms with van der Waals surface area (Å²) in [5.41, 5.74) is 14.2. The fourth-order valence-electron chi connectivity index (χ4n) is 4.44. The minimum absolute atomic E-state index is 0.0947. The minimum atomic E-state index is 0.0947. The molecule has 0 spiro atoms. The molecule has 0 amide bonds. The fraction of sp³-hybridized carbons (Fsp3) is 0.242. The number of carbonyl (C=O) groups excluding carboxylic acids is 1. The summed E-state index contributed by atoms with van der Waals surface area (Å²) >= 11 is 0. The molecule has 0 fully saturated rings. The van der Waals surface area contributed by atoms with Gasteiger partial charge in [-0.05, 0) is 122 Å². The quantitative estimate of drug-likeness (QED) is 0.273. The molecule has 0 heterocycles. The highest BCUT2D eigenvalue weighted by atomic mass is 16.1. The fourth-order valence-corrected chi connectivity index (χ4v) is 4.44. The van der Waals surface area contributed by atoms with E-state index in [0.717, 1.165) is 29.5 Å². The largest absolute Gasteiger partial charge is 0.289 e. The Morgan fingerprint density at radius 2 is 0.912 bits per heavy atom. The lowest BCUT2D eigenvalue weighted by Gasteiger charge is -2.13. The van der Waals surface area contributed by atoms with E-state index in [0.29, 0.717) is 0 Å². The number of rotatable bonds is 6. The first-order valence-corrected chi connectivity index (χ1v) is 12.1. The van der Waals surface area contributed by atoms with Gasteiger partial charge in [0.05, 0.1) is 0 Å². The van der Waals surface area contributed by atoms with Crippen molar-refractivity contribution in [2.45, 2.75) is 54.4 Å². The number of benzene rings is 4. The van der Waals surface area contributed by atoms with Crippen molar-refractivity contribution in [1.29, 1.82) is 0 Å². The van der Waals surface area contributed by atoms with Crippen LogP contribution in [0.1, 0.15) is 60.4 Å². The third-order valence-electron chi connectivity index (χ3n) is 7.23. The molecule has 0 radical (unpaired) electrons. The first-order valence-electron chi connectivity index (χ1n) is 12.1. The minimum Gasteiger partial charge on any atom is -0.289 e. The lowest BCUT2D eigenvalue weighted by atomic mass is 9.92. The van der Waals surface area contributed by atoms with Crippen LogP contribution in [0.5, 0.6) is 0 Å². The van der Waals surface area contributed by atoms with Crippen LogP contribution in [-0.4, -0.2) is 5.78 Å². The Balaban J connectivity index is 1.57. The van der Waals surface area contributed by atoms with Gasteiger partial charge in [0.15, 0.2) is 5.78 Å². The molecule has 0 N–H and O–H groups in total. The third-order valence-corrected chi connectivity index (χ3v) is 7.23. The first-order chi connectivity index (χ1) is 16.2. The molecular formula is C33H34O. The maximum atomic E-state index is 13.2. The smallest absolute Gasteiger partial charge is 0.193 e. The summed E-state index contributed by atoms with van der Waals surface area (Å²) in [5, 5.41) is 0. The van der Waals surface area contributed by atoms with Gasteiger partial charge >= 0.3 is 0 Å². The summed E-state index contributed by atoms with van der Waals surface area (Å²) in [7, 11) is 0. The Morgan fingerprint density at radius 3 is 1.50 bits per heavy atom. The second-order valence-electron chi connectivity index (χ2n) is 9.71. The van der Waals surface area contributed by atoms with E-state index >= 15 is 0 Å². The van der Waals surface area contributed by atoms with Gasteiger partial charge in [-0.15, -0.1) is 0 Å². The van der Waals surface area contributed by atoms with Gasteiger partial charge in [0, 0.05) is 11.1 Å². The second-order valence-corrected chi connectivity index (χ2v) is 9.71. The number of carbonyl (C=O) groups is 1. The Bertz CT molecular complexity index is 1370. The van der Waals surface area contributed by atoms with E-state index in [1.165, 1.54) is 50.1 Å². The van der Waals surface area contributed by atoms with Crippen LogP contribution in [0.3, 0.4) is 0 Å². The van der Waals surface area contributed by atoms with Gasteiger partial charge < -0.3 is 0 Å². The van der Waals surface area contributed by atoms with Crippen LogP contribution in [0.4, 0.5) is 0 Å². The van der Waals surface area contributed by atoms with Crippen molar-refractivity contribution in [1.82, 2.24) is 0 Å². The van der Waals surface area contributed by atoms with Gasteiger partial charge in [-0.2, -0.15) is 0 Å². The van der Waals surface area contributed by atoms with Crippen molar-refractivity contribution in [2.24, 2.45) is 0 Å². The van der Waals surface area contributed by atoms with Crippen molar-refractivity contribution in [2.75, 3.05) is 0 Å². The summed E-state index contributed by atoms with van der Waals surface area (Å²) < 4.78 is 0. The average Bonchev–Trinajstić information content (AvgIpc) is 2.82. The summed E-state index contributed by atoms with van der Waals surface area (Å²) in [5.74, 6) is 0.0947. The Morgan fingerprint density at radius 1 is 0.471 bits per heavy atom. The van der Waals surface area contributed by atoms with Crippen LogP contribution < -0.4 is 0 Å². The highest BCUT2D eigenvalue weighted by Crippen LogP contribution is 2.26. The first kappa shape index (κ1) is 23.7.